The first kappa shape index (κ1) is 15.9. The van der Waals surface area contributed by atoms with E-state index in [2.05, 4.69) is 10.3 Å². The number of rotatable bonds is 6. The van der Waals surface area contributed by atoms with Gasteiger partial charge in [0.25, 0.3) is 0 Å². The zero-order valence-electron chi connectivity index (χ0n) is 13.7. The van der Waals surface area contributed by atoms with E-state index >= 15 is 0 Å². The molecule has 0 radical (unpaired) electrons. The predicted octanol–water partition coefficient (Wildman–Crippen LogP) is 3.89. The molecular weight excluding hydrogens is 304 g/mol. The second-order valence-electron chi connectivity index (χ2n) is 5.32. The van der Waals surface area contributed by atoms with Gasteiger partial charge in [0, 0.05) is 22.7 Å². The third kappa shape index (κ3) is 3.06. The van der Waals surface area contributed by atoms with Gasteiger partial charge in [0.2, 0.25) is 0 Å². The molecule has 0 amide bonds. The molecule has 0 bridgehead atoms. The van der Waals surface area contributed by atoms with Gasteiger partial charge >= 0.3 is 5.97 Å². The lowest BCUT2D eigenvalue weighted by atomic mass is 10.1. The molecule has 24 heavy (non-hydrogen) atoms. The highest BCUT2D eigenvalue weighted by atomic mass is 16.5. The lowest BCUT2D eigenvalue weighted by molar-refractivity contribution is -0.144. The maximum absolute atomic E-state index is 12.5. The minimum absolute atomic E-state index is 0.325. The van der Waals surface area contributed by atoms with E-state index in [4.69, 9.17) is 9.47 Å². The minimum atomic E-state index is -0.627. The van der Waals surface area contributed by atoms with Crippen LogP contribution in [0.3, 0.4) is 0 Å². The highest BCUT2D eigenvalue weighted by molar-refractivity contribution is 5.91. The zero-order chi connectivity index (χ0) is 16.9. The Morgan fingerprint density at radius 2 is 1.92 bits per heavy atom. The van der Waals surface area contributed by atoms with Crippen LogP contribution in [0, 0.1) is 0 Å². The SMILES string of the molecule is CCOC(=O)C(Nc1ccccc1OC)c1c[nH]c2ccccc12. The average molecular weight is 324 g/mol. The quantitative estimate of drug-likeness (QED) is 0.675. The molecule has 0 saturated heterocycles. The Morgan fingerprint density at radius 1 is 1.17 bits per heavy atom. The number of H-pyrrole nitrogens is 1. The molecular formula is C19H20N2O3. The second kappa shape index (κ2) is 7.08. The summed E-state index contributed by atoms with van der Waals surface area (Å²) in [5.41, 5.74) is 2.56. The second-order valence-corrected chi connectivity index (χ2v) is 5.32. The molecule has 1 heterocycles. The molecule has 3 aromatic rings. The van der Waals surface area contributed by atoms with Crippen LogP contribution < -0.4 is 10.1 Å². The summed E-state index contributed by atoms with van der Waals surface area (Å²) in [5.74, 6) is 0.347. The molecule has 124 valence electrons. The number of para-hydroxylation sites is 3. The van der Waals surface area contributed by atoms with Crippen molar-refractivity contribution < 1.29 is 14.3 Å². The Hall–Kier alpha value is -2.95. The van der Waals surface area contributed by atoms with Crippen molar-refractivity contribution in [3.05, 3.63) is 60.3 Å². The van der Waals surface area contributed by atoms with Gasteiger partial charge in [0.1, 0.15) is 5.75 Å². The summed E-state index contributed by atoms with van der Waals surface area (Å²) in [5, 5.41) is 4.24. The smallest absolute Gasteiger partial charge is 0.333 e. The maximum atomic E-state index is 12.5. The highest BCUT2D eigenvalue weighted by Gasteiger charge is 2.25. The van der Waals surface area contributed by atoms with Crippen molar-refractivity contribution in [2.75, 3.05) is 19.0 Å². The number of hydrogen-bond acceptors (Lipinski definition) is 4. The molecule has 3 rings (SSSR count). The van der Waals surface area contributed by atoms with Gasteiger partial charge in [-0.1, -0.05) is 30.3 Å². The number of aromatic amines is 1. The molecule has 0 saturated carbocycles. The van der Waals surface area contributed by atoms with Crippen molar-refractivity contribution in [2.45, 2.75) is 13.0 Å². The number of nitrogens with one attached hydrogen (secondary N) is 2. The molecule has 1 atom stereocenters. The van der Waals surface area contributed by atoms with Crippen LogP contribution in [0.1, 0.15) is 18.5 Å². The van der Waals surface area contributed by atoms with E-state index in [1.165, 1.54) is 0 Å². The molecule has 5 heteroatoms. The lowest BCUT2D eigenvalue weighted by Crippen LogP contribution is -2.23. The van der Waals surface area contributed by atoms with Crippen LogP contribution in [0.25, 0.3) is 10.9 Å². The van der Waals surface area contributed by atoms with Crippen LogP contribution in [0.5, 0.6) is 5.75 Å². The number of esters is 1. The first-order chi connectivity index (χ1) is 11.7. The molecule has 0 aliphatic heterocycles. The van der Waals surface area contributed by atoms with Crippen molar-refractivity contribution in [1.82, 2.24) is 4.98 Å². The van der Waals surface area contributed by atoms with E-state index in [9.17, 15) is 4.79 Å². The first-order valence-electron chi connectivity index (χ1n) is 7.86. The van der Waals surface area contributed by atoms with Crippen molar-refractivity contribution in [2.24, 2.45) is 0 Å². The molecule has 0 aliphatic rings. The van der Waals surface area contributed by atoms with Gasteiger partial charge in [0.05, 0.1) is 19.4 Å². The van der Waals surface area contributed by atoms with Crippen LogP contribution in [-0.2, 0) is 9.53 Å². The Balaban J connectivity index is 2.02. The molecule has 0 aliphatic carbocycles. The third-order valence-electron chi connectivity index (χ3n) is 3.86. The van der Waals surface area contributed by atoms with E-state index in [0.717, 1.165) is 22.2 Å². The summed E-state index contributed by atoms with van der Waals surface area (Å²) in [6.07, 6.45) is 1.84. The van der Waals surface area contributed by atoms with E-state index in [-0.39, 0.29) is 5.97 Å². The van der Waals surface area contributed by atoms with Gasteiger partial charge in [-0.15, -0.1) is 0 Å². The number of fused-ring (bicyclic) bond motifs is 1. The Bertz CT molecular complexity index is 841. The average Bonchev–Trinajstić information content (AvgIpc) is 3.04. The highest BCUT2D eigenvalue weighted by Crippen LogP contribution is 2.31. The molecule has 2 N–H and O–H groups in total. The predicted molar refractivity (Wildman–Crippen MR) is 94.3 cm³/mol. The lowest BCUT2D eigenvalue weighted by Gasteiger charge is -2.19. The number of carbonyl (C=O) groups excluding carboxylic acids is 1. The van der Waals surface area contributed by atoms with Crippen LogP contribution >= 0.6 is 0 Å². The van der Waals surface area contributed by atoms with E-state index in [1.54, 1.807) is 14.0 Å². The Kier molecular flexibility index (Phi) is 4.70. The fourth-order valence-corrected chi connectivity index (χ4v) is 2.74. The summed E-state index contributed by atoms with van der Waals surface area (Å²) in [7, 11) is 1.60. The fourth-order valence-electron chi connectivity index (χ4n) is 2.74. The summed E-state index contributed by atoms with van der Waals surface area (Å²) in [6.45, 7) is 2.12. The van der Waals surface area contributed by atoms with Gasteiger partial charge in [-0.25, -0.2) is 4.79 Å². The normalized spacial score (nSPS) is 11.9. The number of hydrogen-bond donors (Lipinski definition) is 2. The van der Waals surface area contributed by atoms with Crippen LogP contribution in [0.2, 0.25) is 0 Å². The first-order valence-corrected chi connectivity index (χ1v) is 7.86. The summed E-state index contributed by atoms with van der Waals surface area (Å²) < 4.78 is 10.6. The van der Waals surface area contributed by atoms with E-state index in [1.807, 2.05) is 54.7 Å². The summed E-state index contributed by atoms with van der Waals surface area (Å²) in [6, 6.07) is 14.7. The molecule has 5 nitrogen and oxygen atoms in total. The molecule has 1 unspecified atom stereocenters. The van der Waals surface area contributed by atoms with E-state index in [0.29, 0.717) is 12.4 Å². The number of carbonyl (C=O) groups is 1. The maximum Gasteiger partial charge on any atom is 0.333 e. The molecule has 0 fully saturated rings. The van der Waals surface area contributed by atoms with Crippen molar-refractivity contribution in [3.8, 4) is 5.75 Å². The van der Waals surface area contributed by atoms with Gasteiger partial charge in [-0.05, 0) is 25.1 Å². The van der Waals surface area contributed by atoms with E-state index < -0.39 is 6.04 Å². The molecule has 1 aromatic heterocycles. The molecule has 0 spiro atoms. The number of ether oxygens (including phenoxy) is 2. The van der Waals surface area contributed by atoms with Gasteiger partial charge in [0.15, 0.2) is 6.04 Å². The van der Waals surface area contributed by atoms with Gasteiger partial charge < -0.3 is 19.8 Å². The largest absolute Gasteiger partial charge is 0.495 e. The Morgan fingerprint density at radius 3 is 2.71 bits per heavy atom. The zero-order valence-corrected chi connectivity index (χ0v) is 13.7. The van der Waals surface area contributed by atoms with Crippen LogP contribution in [0.4, 0.5) is 5.69 Å². The topological polar surface area (TPSA) is 63.4 Å². The summed E-state index contributed by atoms with van der Waals surface area (Å²) in [4.78, 5) is 15.8. The number of methoxy groups -OCH3 is 1. The Labute approximate surface area is 140 Å². The third-order valence-corrected chi connectivity index (χ3v) is 3.86. The van der Waals surface area contributed by atoms with Crippen molar-refractivity contribution in [3.63, 3.8) is 0 Å². The number of benzene rings is 2. The van der Waals surface area contributed by atoms with Crippen molar-refractivity contribution in [1.29, 1.82) is 0 Å². The van der Waals surface area contributed by atoms with Gasteiger partial charge in [-0.3, -0.25) is 0 Å². The van der Waals surface area contributed by atoms with Crippen molar-refractivity contribution >= 4 is 22.6 Å². The summed E-state index contributed by atoms with van der Waals surface area (Å²) >= 11 is 0. The van der Waals surface area contributed by atoms with Crippen LogP contribution in [-0.4, -0.2) is 24.7 Å². The fraction of sp³-hybridized carbons (Fsp3) is 0.211. The minimum Gasteiger partial charge on any atom is -0.495 e. The monoisotopic (exact) mass is 324 g/mol. The van der Waals surface area contributed by atoms with Gasteiger partial charge in [-0.2, -0.15) is 0 Å². The number of aromatic nitrogens is 1. The van der Waals surface area contributed by atoms with Crippen LogP contribution in [0.15, 0.2) is 54.7 Å². The standard InChI is InChI=1S/C19H20N2O3/c1-3-24-19(22)18(21-16-10-6-7-11-17(16)23-2)14-12-20-15-9-5-4-8-13(14)15/h4-12,18,20-21H,3H2,1-2H3. The molecule has 2 aromatic carbocycles. The number of anilines is 1.